The first-order chi connectivity index (χ1) is 7.68. The van der Waals surface area contributed by atoms with Gasteiger partial charge in [-0.15, -0.1) is 11.3 Å². The molecule has 2 heterocycles. The van der Waals surface area contributed by atoms with Gasteiger partial charge in [0.25, 0.3) is 5.91 Å². The highest BCUT2D eigenvalue weighted by molar-refractivity contribution is 7.80. The Morgan fingerprint density at radius 2 is 2.38 bits per heavy atom. The zero-order valence-electron chi connectivity index (χ0n) is 7.93. The summed E-state index contributed by atoms with van der Waals surface area (Å²) in [5.41, 5.74) is 7.55. The monoisotopic (exact) mass is 253 g/mol. The molecular formula is C8H7N5OS2. The number of rotatable bonds is 3. The molecule has 16 heavy (non-hydrogen) atoms. The molecule has 0 aromatic carbocycles. The van der Waals surface area contributed by atoms with Crippen molar-refractivity contribution in [1.82, 2.24) is 15.2 Å². The minimum Gasteiger partial charge on any atom is -0.389 e. The topological polar surface area (TPSA) is 96.7 Å². The minimum atomic E-state index is -0.274. The van der Waals surface area contributed by atoms with Gasteiger partial charge in [-0.2, -0.15) is 5.10 Å². The molecule has 2 aromatic heterocycles. The van der Waals surface area contributed by atoms with Crippen molar-refractivity contribution >= 4 is 40.3 Å². The summed E-state index contributed by atoms with van der Waals surface area (Å²) in [6, 6.07) is 0. The maximum Gasteiger partial charge on any atom is 0.268 e. The minimum absolute atomic E-state index is 0.174. The molecule has 0 saturated carbocycles. The van der Waals surface area contributed by atoms with E-state index in [2.05, 4.69) is 20.5 Å². The third kappa shape index (κ3) is 2.07. The molecule has 1 amide bonds. The number of nitrogens with zero attached hydrogens (tertiary/aromatic N) is 2. The molecule has 0 aliphatic rings. The second-order valence-electron chi connectivity index (χ2n) is 2.84. The Labute approximate surface area is 99.9 Å². The number of H-pyrrole nitrogens is 1. The molecule has 8 heteroatoms. The van der Waals surface area contributed by atoms with Gasteiger partial charge in [-0.1, -0.05) is 12.2 Å². The Balaban J connectivity index is 2.18. The molecule has 0 spiro atoms. The number of hydrogen-bond donors (Lipinski definition) is 3. The summed E-state index contributed by atoms with van der Waals surface area (Å²) < 4.78 is 0. The highest BCUT2D eigenvalue weighted by atomic mass is 32.1. The number of amides is 1. The zero-order chi connectivity index (χ0) is 11.5. The smallest absolute Gasteiger partial charge is 0.268 e. The van der Waals surface area contributed by atoms with E-state index in [0.717, 1.165) is 0 Å². The number of nitrogens with one attached hydrogen (secondary N) is 2. The lowest BCUT2D eigenvalue weighted by Crippen LogP contribution is -2.16. The maximum atomic E-state index is 11.7. The van der Waals surface area contributed by atoms with Gasteiger partial charge in [-0.25, -0.2) is 0 Å². The lowest BCUT2D eigenvalue weighted by molar-refractivity contribution is 0.103. The van der Waals surface area contributed by atoms with Crippen LogP contribution in [-0.4, -0.2) is 26.1 Å². The Morgan fingerprint density at radius 1 is 1.56 bits per heavy atom. The first-order valence-corrected chi connectivity index (χ1v) is 5.50. The average molecular weight is 253 g/mol. The number of anilines is 1. The first kappa shape index (κ1) is 10.7. The van der Waals surface area contributed by atoms with E-state index < -0.39 is 0 Å². The summed E-state index contributed by atoms with van der Waals surface area (Å²) in [6.07, 6.45) is 2.95. The molecule has 4 N–H and O–H groups in total. The van der Waals surface area contributed by atoms with Gasteiger partial charge in [0.05, 0.1) is 23.5 Å². The van der Waals surface area contributed by atoms with E-state index in [-0.39, 0.29) is 10.9 Å². The molecule has 0 fully saturated rings. The highest BCUT2D eigenvalue weighted by Gasteiger charge is 2.13. The summed E-state index contributed by atoms with van der Waals surface area (Å²) in [7, 11) is 0. The molecular weight excluding hydrogens is 246 g/mol. The predicted molar refractivity (Wildman–Crippen MR) is 64.5 cm³/mol. The molecule has 0 atom stereocenters. The van der Waals surface area contributed by atoms with Gasteiger partial charge in [0.1, 0.15) is 15.7 Å². The molecule has 0 aliphatic carbocycles. The van der Waals surface area contributed by atoms with Crippen molar-refractivity contribution in [2.45, 2.75) is 0 Å². The number of carbonyl (C=O) groups excluding carboxylic acids is 1. The molecule has 2 aromatic rings. The standard InChI is InChI=1S/C8H7N5OS2/c9-6(15)4-1-11-13-7(4)12-8(14)5-2-10-3-16-5/h1-3H,(H2,9,15)(H2,11,12,13,14). The van der Waals surface area contributed by atoms with Crippen molar-refractivity contribution in [1.29, 1.82) is 0 Å². The SMILES string of the molecule is NC(=S)c1cn[nH]c1NC(=O)c1cncs1. The lowest BCUT2D eigenvalue weighted by atomic mass is 10.3. The quantitative estimate of drug-likeness (QED) is 0.701. The van der Waals surface area contributed by atoms with Crippen molar-refractivity contribution in [3.05, 3.63) is 28.3 Å². The van der Waals surface area contributed by atoms with Gasteiger partial charge in [0.2, 0.25) is 0 Å². The van der Waals surface area contributed by atoms with Crippen molar-refractivity contribution in [3.8, 4) is 0 Å². The number of carbonyl (C=O) groups is 1. The first-order valence-electron chi connectivity index (χ1n) is 4.21. The fraction of sp³-hybridized carbons (Fsp3) is 0. The number of nitrogens with two attached hydrogens (primary N) is 1. The van der Waals surface area contributed by atoms with E-state index in [4.69, 9.17) is 18.0 Å². The molecule has 82 valence electrons. The van der Waals surface area contributed by atoms with Crippen LogP contribution in [0.1, 0.15) is 15.2 Å². The Hall–Kier alpha value is -1.80. The number of thiocarbonyl (C=S) groups is 1. The van der Waals surface area contributed by atoms with E-state index in [1.165, 1.54) is 23.7 Å². The van der Waals surface area contributed by atoms with E-state index in [1.54, 1.807) is 5.51 Å². The van der Waals surface area contributed by atoms with Gasteiger partial charge < -0.3 is 11.1 Å². The molecule has 0 aliphatic heterocycles. The van der Waals surface area contributed by atoms with Crippen molar-refractivity contribution in [2.75, 3.05) is 5.32 Å². The largest absolute Gasteiger partial charge is 0.389 e. The second kappa shape index (κ2) is 4.37. The van der Waals surface area contributed by atoms with Crippen molar-refractivity contribution in [3.63, 3.8) is 0 Å². The van der Waals surface area contributed by atoms with Gasteiger partial charge in [0.15, 0.2) is 0 Å². The Kier molecular flexibility index (Phi) is 2.93. The second-order valence-corrected chi connectivity index (χ2v) is 4.17. The van der Waals surface area contributed by atoms with Crippen LogP contribution in [0.4, 0.5) is 5.82 Å². The molecule has 0 bridgehead atoms. The van der Waals surface area contributed by atoms with Crippen LogP contribution in [0, 0.1) is 0 Å². The van der Waals surface area contributed by atoms with E-state index in [1.807, 2.05) is 0 Å². The molecule has 6 nitrogen and oxygen atoms in total. The van der Waals surface area contributed by atoms with Crippen LogP contribution in [0.5, 0.6) is 0 Å². The number of hydrogen-bond acceptors (Lipinski definition) is 5. The van der Waals surface area contributed by atoms with E-state index >= 15 is 0 Å². The fourth-order valence-corrected chi connectivity index (χ4v) is 1.74. The lowest BCUT2D eigenvalue weighted by Gasteiger charge is -2.02. The van der Waals surface area contributed by atoms with Crippen LogP contribution < -0.4 is 11.1 Å². The van der Waals surface area contributed by atoms with Crippen molar-refractivity contribution < 1.29 is 4.79 Å². The number of aromatic amines is 1. The summed E-state index contributed by atoms with van der Waals surface area (Å²) in [5.74, 6) is 0.121. The molecule has 0 saturated heterocycles. The maximum absolute atomic E-state index is 11.7. The van der Waals surface area contributed by atoms with Crippen molar-refractivity contribution in [2.24, 2.45) is 5.73 Å². The number of aromatic nitrogens is 3. The third-order valence-electron chi connectivity index (χ3n) is 1.80. The Bertz CT molecular complexity index is 518. The fourth-order valence-electron chi connectivity index (χ4n) is 1.07. The van der Waals surface area contributed by atoms with Crippen LogP contribution in [0.25, 0.3) is 0 Å². The summed E-state index contributed by atoms with van der Waals surface area (Å²) in [5, 5.41) is 8.99. The average Bonchev–Trinajstić information content (AvgIpc) is 2.86. The Morgan fingerprint density at radius 3 is 3.00 bits per heavy atom. The van der Waals surface area contributed by atoms with Crippen LogP contribution >= 0.6 is 23.6 Å². The van der Waals surface area contributed by atoms with Crippen LogP contribution in [0.15, 0.2) is 17.9 Å². The van der Waals surface area contributed by atoms with Crippen LogP contribution in [0.2, 0.25) is 0 Å². The normalized spacial score (nSPS) is 10.0. The van der Waals surface area contributed by atoms with Gasteiger partial charge in [-0.05, 0) is 0 Å². The molecule has 0 unspecified atom stereocenters. The van der Waals surface area contributed by atoms with Gasteiger partial charge in [0, 0.05) is 0 Å². The number of thiazole rings is 1. The van der Waals surface area contributed by atoms with Gasteiger partial charge >= 0.3 is 0 Å². The molecule has 2 rings (SSSR count). The molecule has 0 radical (unpaired) electrons. The van der Waals surface area contributed by atoms with Crippen LogP contribution in [-0.2, 0) is 0 Å². The highest BCUT2D eigenvalue weighted by Crippen LogP contribution is 2.13. The van der Waals surface area contributed by atoms with E-state index in [0.29, 0.717) is 16.3 Å². The summed E-state index contributed by atoms with van der Waals surface area (Å²) in [6.45, 7) is 0. The summed E-state index contributed by atoms with van der Waals surface area (Å²) >= 11 is 6.06. The zero-order valence-corrected chi connectivity index (χ0v) is 9.56. The van der Waals surface area contributed by atoms with Gasteiger partial charge in [-0.3, -0.25) is 14.9 Å². The van der Waals surface area contributed by atoms with E-state index in [9.17, 15) is 4.79 Å². The summed E-state index contributed by atoms with van der Waals surface area (Å²) in [4.78, 5) is 16.2. The predicted octanol–water partition coefficient (Wildman–Crippen LogP) is 0.753. The third-order valence-corrected chi connectivity index (χ3v) is 2.79. The van der Waals surface area contributed by atoms with Crippen LogP contribution in [0.3, 0.4) is 0 Å².